The first-order valence-electron chi connectivity index (χ1n) is 11.7. The van der Waals surface area contributed by atoms with Crippen molar-refractivity contribution in [1.82, 2.24) is 9.80 Å². The lowest BCUT2D eigenvalue weighted by Crippen LogP contribution is -2.45. The van der Waals surface area contributed by atoms with Gasteiger partial charge < -0.3 is 14.5 Å². The zero-order valence-electron chi connectivity index (χ0n) is 20.3. The largest absolute Gasteiger partial charge is 0.383 e. The van der Waals surface area contributed by atoms with E-state index in [2.05, 4.69) is 19.1 Å². The number of aryl methyl sites for hydroxylation is 1. The molecule has 0 radical (unpaired) electrons. The normalized spacial score (nSPS) is 11.7. The van der Waals surface area contributed by atoms with Crippen molar-refractivity contribution in [2.24, 2.45) is 0 Å². The molecule has 180 valence electrons. The highest BCUT2D eigenvalue weighted by Crippen LogP contribution is 2.23. The number of thiophene rings is 1. The van der Waals surface area contributed by atoms with E-state index >= 15 is 0 Å². The van der Waals surface area contributed by atoms with E-state index in [1.54, 1.807) is 23.3 Å². The molecule has 3 aromatic rings. The summed E-state index contributed by atoms with van der Waals surface area (Å²) in [5.74, 6) is -0.388. The fourth-order valence-electron chi connectivity index (χ4n) is 3.98. The molecular formula is C28H34N2O3S. The van der Waals surface area contributed by atoms with E-state index in [0.717, 1.165) is 16.0 Å². The monoisotopic (exact) mass is 478 g/mol. The second-order valence-electron chi connectivity index (χ2n) is 8.37. The first kappa shape index (κ1) is 25.7. The zero-order chi connectivity index (χ0) is 24.3. The zero-order valence-corrected chi connectivity index (χ0v) is 21.1. The van der Waals surface area contributed by atoms with Crippen LogP contribution in [0.5, 0.6) is 0 Å². The van der Waals surface area contributed by atoms with Crippen molar-refractivity contribution in [2.45, 2.75) is 39.3 Å². The number of nitrogens with zero attached hydrogens (tertiary/aromatic N) is 2. The number of rotatable bonds is 12. The summed E-state index contributed by atoms with van der Waals surface area (Å²) in [5.41, 5.74) is 2.04. The fraction of sp³-hybridized carbons (Fsp3) is 0.357. The lowest BCUT2D eigenvalue weighted by atomic mass is 9.95. The Labute approximate surface area is 207 Å². The molecule has 0 aliphatic carbocycles. The average Bonchev–Trinajstić information content (AvgIpc) is 3.27. The lowest BCUT2D eigenvalue weighted by molar-refractivity contribution is -0.142. The van der Waals surface area contributed by atoms with Gasteiger partial charge in [0.2, 0.25) is 11.8 Å². The summed E-state index contributed by atoms with van der Waals surface area (Å²) < 4.78 is 5.26. The molecule has 1 atom stereocenters. The third-order valence-electron chi connectivity index (χ3n) is 5.82. The van der Waals surface area contributed by atoms with E-state index in [-0.39, 0.29) is 24.3 Å². The van der Waals surface area contributed by atoms with Gasteiger partial charge in [0, 0.05) is 30.0 Å². The molecule has 2 aromatic carbocycles. The highest BCUT2D eigenvalue weighted by molar-refractivity contribution is 7.11. The van der Waals surface area contributed by atoms with Gasteiger partial charge in [-0.25, -0.2) is 0 Å². The Kier molecular flexibility index (Phi) is 9.86. The van der Waals surface area contributed by atoms with Crippen LogP contribution in [0.15, 0.2) is 72.8 Å². The summed E-state index contributed by atoms with van der Waals surface area (Å²) in [6.07, 6.45) is 0.669. The highest BCUT2D eigenvalue weighted by Gasteiger charge is 2.27. The molecule has 34 heavy (non-hydrogen) atoms. The first-order chi connectivity index (χ1) is 16.5. The third-order valence-corrected chi connectivity index (χ3v) is 6.81. The van der Waals surface area contributed by atoms with Crippen LogP contribution in [0.3, 0.4) is 0 Å². The summed E-state index contributed by atoms with van der Waals surface area (Å²) in [6.45, 7) is 5.88. The lowest BCUT2D eigenvalue weighted by Gasteiger charge is -2.30. The van der Waals surface area contributed by atoms with Gasteiger partial charge in [0.25, 0.3) is 0 Å². The van der Waals surface area contributed by atoms with Crippen LogP contribution < -0.4 is 0 Å². The van der Waals surface area contributed by atoms with Gasteiger partial charge >= 0.3 is 0 Å². The maximum atomic E-state index is 13.6. The van der Waals surface area contributed by atoms with Crippen molar-refractivity contribution in [3.63, 3.8) is 0 Å². The molecule has 1 heterocycles. The molecular weight excluding hydrogens is 444 g/mol. The van der Waals surface area contributed by atoms with Crippen LogP contribution in [0.1, 0.15) is 40.1 Å². The van der Waals surface area contributed by atoms with Crippen molar-refractivity contribution in [3.8, 4) is 0 Å². The molecule has 6 heteroatoms. The Bertz CT molecular complexity index is 1040. The van der Waals surface area contributed by atoms with E-state index < -0.39 is 0 Å². The van der Waals surface area contributed by atoms with E-state index in [9.17, 15) is 9.59 Å². The van der Waals surface area contributed by atoms with Crippen LogP contribution >= 0.6 is 11.3 Å². The molecule has 0 spiro atoms. The van der Waals surface area contributed by atoms with Crippen LogP contribution in [0.4, 0.5) is 0 Å². The van der Waals surface area contributed by atoms with Crippen molar-refractivity contribution in [3.05, 3.63) is 93.7 Å². The summed E-state index contributed by atoms with van der Waals surface area (Å²) in [4.78, 5) is 33.0. The third kappa shape index (κ3) is 7.27. The minimum absolute atomic E-state index is 0.0305. The Morgan fingerprint density at radius 3 is 2.18 bits per heavy atom. The van der Waals surface area contributed by atoms with Crippen LogP contribution in [0.2, 0.25) is 0 Å². The van der Waals surface area contributed by atoms with Gasteiger partial charge in [-0.2, -0.15) is 0 Å². The van der Waals surface area contributed by atoms with E-state index in [4.69, 9.17) is 4.74 Å². The number of hydrogen-bond acceptors (Lipinski definition) is 4. The number of carbonyl (C=O) groups excluding carboxylic acids is 2. The molecule has 3 rings (SSSR count). The van der Waals surface area contributed by atoms with Gasteiger partial charge in [-0.15, -0.1) is 11.3 Å². The second-order valence-corrected chi connectivity index (χ2v) is 9.74. The molecule has 0 fully saturated rings. The van der Waals surface area contributed by atoms with Gasteiger partial charge in [0.15, 0.2) is 0 Å². The predicted molar refractivity (Wildman–Crippen MR) is 138 cm³/mol. The number of carbonyl (C=O) groups is 2. The van der Waals surface area contributed by atoms with Gasteiger partial charge in [-0.3, -0.25) is 9.59 Å². The van der Waals surface area contributed by atoms with Crippen molar-refractivity contribution < 1.29 is 14.3 Å². The van der Waals surface area contributed by atoms with Crippen LogP contribution in [-0.4, -0.2) is 48.4 Å². The molecule has 0 saturated heterocycles. The maximum Gasteiger partial charge on any atom is 0.242 e. The minimum atomic E-state index is -0.284. The summed E-state index contributed by atoms with van der Waals surface area (Å²) in [7, 11) is 1.61. The Morgan fingerprint density at radius 1 is 0.912 bits per heavy atom. The molecule has 0 N–H and O–H groups in total. The molecule has 1 unspecified atom stereocenters. The van der Waals surface area contributed by atoms with Crippen LogP contribution in [0.25, 0.3) is 0 Å². The molecule has 0 aliphatic rings. The topological polar surface area (TPSA) is 49.9 Å². The van der Waals surface area contributed by atoms with Crippen LogP contribution in [0, 0.1) is 6.92 Å². The summed E-state index contributed by atoms with van der Waals surface area (Å²) in [5, 5.41) is 0. The predicted octanol–water partition coefficient (Wildman–Crippen LogP) is 5.25. The quantitative estimate of drug-likeness (QED) is 0.357. The standard InChI is InChI=1S/C28H34N2O3S/c1-4-26(24-13-9-6-10-14-24)28(32)29(17-18-33-3)21-27(31)30(19-23-11-7-5-8-12-23)20-25-16-15-22(2)34-25/h5-16,26H,4,17-21H2,1-3H3. The van der Waals surface area contributed by atoms with Crippen molar-refractivity contribution >= 4 is 23.2 Å². The minimum Gasteiger partial charge on any atom is -0.383 e. The molecule has 0 bridgehead atoms. The number of amides is 2. The van der Waals surface area contributed by atoms with Gasteiger partial charge in [-0.1, -0.05) is 67.6 Å². The Morgan fingerprint density at radius 2 is 1.59 bits per heavy atom. The Balaban J connectivity index is 1.81. The number of methoxy groups -OCH3 is 1. The molecule has 0 saturated carbocycles. The average molecular weight is 479 g/mol. The number of benzene rings is 2. The smallest absolute Gasteiger partial charge is 0.242 e. The van der Waals surface area contributed by atoms with E-state index in [1.165, 1.54) is 4.88 Å². The van der Waals surface area contributed by atoms with E-state index in [0.29, 0.717) is 32.7 Å². The molecule has 0 aliphatic heterocycles. The van der Waals surface area contributed by atoms with Crippen LogP contribution in [-0.2, 0) is 27.4 Å². The SMILES string of the molecule is CCC(C(=O)N(CCOC)CC(=O)N(Cc1ccccc1)Cc1ccc(C)s1)c1ccccc1. The fourth-order valence-corrected chi connectivity index (χ4v) is 4.89. The highest BCUT2D eigenvalue weighted by atomic mass is 32.1. The van der Waals surface area contributed by atoms with Gasteiger partial charge in [0.1, 0.15) is 0 Å². The molecule has 1 aromatic heterocycles. The van der Waals surface area contributed by atoms with E-state index in [1.807, 2.05) is 72.5 Å². The van der Waals surface area contributed by atoms with Crippen molar-refractivity contribution in [1.29, 1.82) is 0 Å². The molecule has 2 amide bonds. The number of hydrogen-bond donors (Lipinski definition) is 0. The van der Waals surface area contributed by atoms with Crippen molar-refractivity contribution in [2.75, 3.05) is 26.8 Å². The van der Waals surface area contributed by atoms with Gasteiger partial charge in [-0.05, 0) is 36.6 Å². The second kappa shape index (κ2) is 13.1. The van der Waals surface area contributed by atoms with Gasteiger partial charge in [0.05, 0.1) is 25.6 Å². The number of ether oxygens (including phenoxy) is 1. The summed E-state index contributed by atoms with van der Waals surface area (Å²) >= 11 is 1.69. The molecule has 5 nitrogen and oxygen atoms in total. The maximum absolute atomic E-state index is 13.6. The first-order valence-corrected chi connectivity index (χ1v) is 12.5. The summed E-state index contributed by atoms with van der Waals surface area (Å²) in [6, 6.07) is 23.9. The Hall–Kier alpha value is -2.96.